The summed E-state index contributed by atoms with van der Waals surface area (Å²) >= 11 is 0. The molecule has 3 rings (SSSR count). The van der Waals surface area contributed by atoms with Crippen LogP contribution < -0.4 is 9.62 Å². The van der Waals surface area contributed by atoms with Crippen LogP contribution in [0.15, 0.2) is 18.6 Å². The Morgan fingerprint density at radius 2 is 1.84 bits per heavy atom. The normalized spacial score (nSPS) is 15.2. The first-order valence-electron chi connectivity index (χ1n) is 7.94. The zero-order chi connectivity index (χ0) is 18.0. The van der Waals surface area contributed by atoms with Gasteiger partial charge in [0.25, 0.3) is 0 Å². The Labute approximate surface area is 147 Å². The molecule has 1 fully saturated rings. The average molecular weight is 363 g/mol. The lowest BCUT2D eigenvalue weighted by molar-refractivity contribution is 0.122. The minimum Gasteiger partial charge on any atom is -0.378 e. The highest BCUT2D eigenvalue weighted by molar-refractivity contribution is 7.92. The van der Waals surface area contributed by atoms with Crippen LogP contribution in [0, 0.1) is 13.8 Å². The SMILES string of the molecule is Cc1ncc(-c2c(C)ncnc2N2CCOCC2)cc1NS(C)(=O)=O. The third-order valence-corrected chi connectivity index (χ3v) is 4.59. The van der Waals surface area contributed by atoms with Crippen LogP contribution in [0.5, 0.6) is 0 Å². The van der Waals surface area contributed by atoms with E-state index in [1.54, 1.807) is 25.5 Å². The number of hydrogen-bond acceptors (Lipinski definition) is 7. The van der Waals surface area contributed by atoms with Crippen molar-refractivity contribution in [3.05, 3.63) is 30.0 Å². The van der Waals surface area contributed by atoms with Crippen molar-refractivity contribution in [1.29, 1.82) is 0 Å². The van der Waals surface area contributed by atoms with Crippen molar-refractivity contribution >= 4 is 21.5 Å². The van der Waals surface area contributed by atoms with Gasteiger partial charge in [0, 0.05) is 30.4 Å². The van der Waals surface area contributed by atoms with Gasteiger partial charge in [-0.05, 0) is 19.9 Å². The standard InChI is InChI=1S/C16H21N5O3S/c1-11-14(20-25(3,22)23)8-13(9-17-11)15-12(2)18-10-19-16(15)21-4-6-24-7-5-21/h8-10,20H,4-7H2,1-3H3. The largest absolute Gasteiger partial charge is 0.378 e. The fourth-order valence-corrected chi connectivity index (χ4v) is 3.39. The smallest absolute Gasteiger partial charge is 0.229 e. The summed E-state index contributed by atoms with van der Waals surface area (Å²) in [4.78, 5) is 15.3. The number of nitrogens with one attached hydrogen (secondary N) is 1. The summed E-state index contributed by atoms with van der Waals surface area (Å²) in [5.74, 6) is 0.812. The molecule has 25 heavy (non-hydrogen) atoms. The van der Waals surface area contributed by atoms with E-state index in [0.29, 0.717) is 24.6 Å². The maximum Gasteiger partial charge on any atom is 0.229 e. The fourth-order valence-electron chi connectivity index (χ4n) is 2.79. The Kier molecular flexibility index (Phi) is 4.87. The van der Waals surface area contributed by atoms with E-state index >= 15 is 0 Å². The Morgan fingerprint density at radius 3 is 2.52 bits per heavy atom. The summed E-state index contributed by atoms with van der Waals surface area (Å²) in [6.45, 7) is 6.46. The van der Waals surface area contributed by atoms with Crippen molar-refractivity contribution in [2.75, 3.05) is 42.2 Å². The van der Waals surface area contributed by atoms with Gasteiger partial charge in [-0.1, -0.05) is 0 Å². The van der Waals surface area contributed by atoms with Crippen LogP contribution in [-0.2, 0) is 14.8 Å². The topological polar surface area (TPSA) is 97.3 Å². The molecule has 0 bridgehead atoms. The van der Waals surface area contributed by atoms with Crippen LogP contribution in [0.25, 0.3) is 11.1 Å². The van der Waals surface area contributed by atoms with Gasteiger partial charge in [0.15, 0.2) is 0 Å². The van der Waals surface area contributed by atoms with Crippen LogP contribution in [0.2, 0.25) is 0 Å². The summed E-state index contributed by atoms with van der Waals surface area (Å²) in [6, 6.07) is 1.78. The number of sulfonamides is 1. The maximum atomic E-state index is 11.6. The molecule has 8 nitrogen and oxygen atoms in total. The van der Waals surface area contributed by atoms with Crippen LogP contribution in [-0.4, -0.2) is 55.9 Å². The number of hydrogen-bond donors (Lipinski definition) is 1. The molecule has 0 spiro atoms. The summed E-state index contributed by atoms with van der Waals surface area (Å²) in [7, 11) is -3.39. The van der Waals surface area contributed by atoms with E-state index < -0.39 is 10.0 Å². The van der Waals surface area contributed by atoms with Crippen molar-refractivity contribution in [2.45, 2.75) is 13.8 Å². The second-order valence-corrected chi connectivity index (χ2v) is 7.74. The summed E-state index contributed by atoms with van der Waals surface area (Å²) in [6.07, 6.45) is 4.38. The molecule has 0 atom stereocenters. The van der Waals surface area contributed by atoms with E-state index in [1.165, 1.54) is 0 Å². The first-order chi connectivity index (χ1) is 11.8. The van der Waals surface area contributed by atoms with Gasteiger partial charge in [0.2, 0.25) is 10.0 Å². The minimum absolute atomic E-state index is 0.455. The molecule has 1 aliphatic rings. The van der Waals surface area contributed by atoms with Crippen molar-refractivity contribution < 1.29 is 13.2 Å². The molecule has 2 aromatic rings. The van der Waals surface area contributed by atoms with E-state index in [4.69, 9.17) is 4.74 Å². The van der Waals surface area contributed by atoms with Gasteiger partial charge in [-0.15, -0.1) is 0 Å². The third-order valence-electron chi connectivity index (χ3n) is 4.00. The molecule has 0 radical (unpaired) electrons. The van der Waals surface area contributed by atoms with Gasteiger partial charge in [0.05, 0.1) is 36.5 Å². The van der Waals surface area contributed by atoms with Gasteiger partial charge in [-0.3, -0.25) is 9.71 Å². The number of ether oxygens (including phenoxy) is 1. The predicted octanol–water partition coefficient (Wildman–Crippen LogP) is 1.36. The quantitative estimate of drug-likeness (QED) is 0.876. The van der Waals surface area contributed by atoms with Gasteiger partial charge >= 0.3 is 0 Å². The Bertz CT molecular complexity index is 879. The van der Waals surface area contributed by atoms with Gasteiger partial charge < -0.3 is 9.64 Å². The zero-order valence-electron chi connectivity index (χ0n) is 14.5. The molecular weight excluding hydrogens is 342 g/mol. The average Bonchev–Trinajstić information content (AvgIpc) is 2.56. The molecule has 0 unspecified atom stereocenters. The predicted molar refractivity (Wildman–Crippen MR) is 96.2 cm³/mol. The Hall–Kier alpha value is -2.26. The maximum absolute atomic E-state index is 11.6. The molecule has 0 saturated carbocycles. The molecule has 0 amide bonds. The summed E-state index contributed by atoms with van der Waals surface area (Å²) in [5, 5.41) is 0. The lowest BCUT2D eigenvalue weighted by Crippen LogP contribution is -2.37. The molecule has 3 heterocycles. The number of pyridine rings is 1. The minimum atomic E-state index is -3.39. The van der Waals surface area contributed by atoms with Crippen molar-refractivity contribution in [1.82, 2.24) is 15.0 Å². The highest BCUT2D eigenvalue weighted by Crippen LogP contribution is 2.33. The third kappa shape index (κ3) is 4.05. The van der Waals surface area contributed by atoms with Crippen molar-refractivity contribution in [3.63, 3.8) is 0 Å². The highest BCUT2D eigenvalue weighted by atomic mass is 32.2. The van der Waals surface area contributed by atoms with Crippen molar-refractivity contribution in [2.24, 2.45) is 0 Å². The Balaban J connectivity index is 2.08. The monoisotopic (exact) mass is 363 g/mol. The molecule has 0 aromatic carbocycles. The van der Waals surface area contributed by atoms with Crippen LogP contribution in [0.1, 0.15) is 11.4 Å². The van der Waals surface area contributed by atoms with Crippen molar-refractivity contribution in [3.8, 4) is 11.1 Å². The van der Waals surface area contributed by atoms with E-state index in [1.807, 2.05) is 6.92 Å². The van der Waals surface area contributed by atoms with E-state index in [9.17, 15) is 8.42 Å². The molecule has 1 saturated heterocycles. The number of rotatable bonds is 4. The lowest BCUT2D eigenvalue weighted by atomic mass is 10.0. The summed E-state index contributed by atoms with van der Waals surface area (Å²) < 4.78 is 31.1. The van der Waals surface area contributed by atoms with Crippen LogP contribution in [0.3, 0.4) is 0 Å². The molecule has 2 aromatic heterocycles. The molecule has 9 heteroatoms. The lowest BCUT2D eigenvalue weighted by Gasteiger charge is -2.29. The van der Waals surface area contributed by atoms with E-state index in [-0.39, 0.29) is 0 Å². The Morgan fingerprint density at radius 1 is 1.12 bits per heavy atom. The molecule has 1 aliphatic heterocycles. The van der Waals surface area contributed by atoms with Gasteiger partial charge in [0.1, 0.15) is 12.1 Å². The number of anilines is 2. The van der Waals surface area contributed by atoms with Gasteiger partial charge in [-0.2, -0.15) is 0 Å². The second kappa shape index (κ2) is 6.93. The number of aryl methyl sites for hydroxylation is 2. The number of aromatic nitrogens is 3. The zero-order valence-corrected chi connectivity index (χ0v) is 15.3. The van der Waals surface area contributed by atoms with E-state index in [0.717, 1.165) is 42.0 Å². The number of nitrogens with zero attached hydrogens (tertiary/aromatic N) is 4. The number of morpholine rings is 1. The molecule has 1 N–H and O–H groups in total. The van der Waals surface area contributed by atoms with E-state index in [2.05, 4.69) is 24.6 Å². The molecule has 134 valence electrons. The van der Waals surface area contributed by atoms with Gasteiger partial charge in [-0.25, -0.2) is 18.4 Å². The molecule has 0 aliphatic carbocycles. The first-order valence-corrected chi connectivity index (χ1v) is 9.83. The first kappa shape index (κ1) is 17.6. The van der Waals surface area contributed by atoms with Crippen LogP contribution in [0.4, 0.5) is 11.5 Å². The molecular formula is C16H21N5O3S. The second-order valence-electron chi connectivity index (χ2n) is 5.99. The fraction of sp³-hybridized carbons (Fsp3) is 0.438. The highest BCUT2D eigenvalue weighted by Gasteiger charge is 2.20. The van der Waals surface area contributed by atoms with Crippen LogP contribution >= 0.6 is 0 Å². The summed E-state index contributed by atoms with van der Waals surface area (Å²) in [5.41, 5.74) is 3.50.